The van der Waals surface area contributed by atoms with Gasteiger partial charge in [0, 0.05) is 18.5 Å². The van der Waals surface area contributed by atoms with Crippen LogP contribution in [0.3, 0.4) is 0 Å². The number of anilines is 1. The minimum atomic E-state index is 0.295. The molecule has 0 saturated carbocycles. The second kappa shape index (κ2) is 4.82. The van der Waals surface area contributed by atoms with E-state index >= 15 is 0 Å². The molecule has 18 heavy (non-hydrogen) atoms. The summed E-state index contributed by atoms with van der Waals surface area (Å²) in [5.74, 6) is 1.82. The third-order valence-electron chi connectivity index (χ3n) is 2.90. The molecule has 2 rings (SSSR count). The number of aromatic nitrogens is 2. The summed E-state index contributed by atoms with van der Waals surface area (Å²) < 4.78 is 1.89. The van der Waals surface area contributed by atoms with Crippen molar-refractivity contribution in [3.63, 3.8) is 0 Å². The SMILES string of the molecule is CC(C)c1nc(-c2cccc(Cl)c2Cl)c(N)n1C. The van der Waals surface area contributed by atoms with E-state index in [1.165, 1.54) is 0 Å². The Morgan fingerprint density at radius 3 is 2.50 bits per heavy atom. The van der Waals surface area contributed by atoms with Crippen molar-refractivity contribution in [2.75, 3.05) is 5.73 Å². The van der Waals surface area contributed by atoms with E-state index < -0.39 is 0 Å². The molecule has 0 unspecified atom stereocenters. The first-order valence-corrected chi connectivity index (χ1v) is 6.45. The van der Waals surface area contributed by atoms with Gasteiger partial charge >= 0.3 is 0 Å². The van der Waals surface area contributed by atoms with Gasteiger partial charge in [-0.3, -0.25) is 0 Å². The maximum absolute atomic E-state index is 6.20. The number of benzene rings is 1. The fourth-order valence-corrected chi connectivity index (χ4v) is 2.32. The molecule has 1 aromatic carbocycles. The van der Waals surface area contributed by atoms with Crippen LogP contribution >= 0.6 is 23.2 Å². The zero-order valence-electron chi connectivity index (χ0n) is 10.5. The summed E-state index contributed by atoms with van der Waals surface area (Å²) in [4.78, 5) is 4.58. The summed E-state index contributed by atoms with van der Waals surface area (Å²) >= 11 is 12.2. The molecule has 0 fully saturated rings. The quantitative estimate of drug-likeness (QED) is 0.902. The van der Waals surface area contributed by atoms with E-state index in [0.717, 1.165) is 11.4 Å². The zero-order valence-corrected chi connectivity index (χ0v) is 12.0. The first-order chi connectivity index (χ1) is 8.43. The monoisotopic (exact) mass is 283 g/mol. The van der Waals surface area contributed by atoms with Gasteiger partial charge in [0.2, 0.25) is 0 Å². The lowest BCUT2D eigenvalue weighted by atomic mass is 10.1. The van der Waals surface area contributed by atoms with Crippen molar-refractivity contribution >= 4 is 29.0 Å². The summed E-state index contributed by atoms with van der Waals surface area (Å²) in [5, 5.41) is 0.990. The largest absolute Gasteiger partial charge is 0.383 e. The maximum Gasteiger partial charge on any atom is 0.131 e. The molecule has 0 bridgehead atoms. The van der Waals surface area contributed by atoms with Gasteiger partial charge in [0.15, 0.2) is 0 Å². The molecular weight excluding hydrogens is 269 g/mol. The molecule has 0 amide bonds. The average molecular weight is 284 g/mol. The van der Waals surface area contributed by atoms with E-state index in [1.54, 1.807) is 6.07 Å². The lowest BCUT2D eigenvalue weighted by Gasteiger charge is -2.05. The van der Waals surface area contributed by atoms with Crippen LogP contribution in [0.5, 0.6) is 0 Å². The Balaban J connectivity index is 2.65. The Bertz CT molecular complexity index is 588. The second-order valence-electron chi connectivity index (χ2n) is 4.52. The van der Waals surface area contributed by atoms with Gasteiger partial charge in [-0.05, 0) is 6.07 Å². The molecule has 0 radical (unpaired) electrons. The molecule has 0 aliphatic rings. The summed E-state index contributed by atoms with van der Waals surface area (Å²) in [6, 6.07) is 5.46. The van der Waals surface area contributed by atoms with Crippen molar-refractivity contribution in [2.45, 2.75) is 19.8 Å². The summed E-state index contributed by atoms with van der Waals surface area (Å²) in [6.07, 6.45) is 0. The lowest BCUT2D eigenvalue weighted by Crippen LogP contribution is -2.02. The number of imidazole rings is 1. The predicted octanol–water partition coefficient (Wildman–Crippen LogP) is 4.10. The van der Waals surface area contributed by atoms with Gasteiger partial charge < -0.3 is 10.3 Å². The number of halogens is 2. The number of nitrogens with two attached hydrogens (primary N) is 1. The summed E-state index contributed by atoms with van der Waals surface area (Å²) in [7, 11) is 1.90. The van der Waals surface area contributed by atoms with Gasteiger partial charge in [-0.2, -0.15) is 0 Å². The molecule has 2 N–H and O–H groups in total. The van der Waals surface area contributed by atoms with Crippen LogP contribution in [0, 0.1) is 0 Å². The van der Waals surface area contributed by atoms with Crippen molar-refractivity contribution in [2.24, 2.45) is 7.05 Å². The van der Waals surface area contributed by atoms with Crippen molar-refractivity contribution in [1.29, 1.82) is 0 Å². The lowest BCUT2D eigenvalue weighted by molar-refractivity contribution is 0.715. The molecule has 0 aliphatic heterocycles. The number of nitrogens with zero attached hydrogens (tertiary/aromatic N) is 2. The van der Waals surface area contributed by atoms with Crippen molar-refractivity contribution < 1.29 is 0 Å². The Morgan fingerprint density at radius 2 is 1.94 bits per heavy atom. The molecule has 1 heterocycles. The minimum absolute atomic E-state index is 0.295. The van der Waals surface area contributed by atoms with Crippen LogP contribution in [0.25, 0.3) is 11.3 Å². The maximum atomic E-state index is 6.20. The van der Waals surface area contributed by atoms with E-state index in [1.807, 2.05) is 23.7 Å². The van der Waals surface area contributed by atoms with Gasteiger partial charge in [0.25, 0.3) is 0 Å². The van der Waals surface area contributed by atoms with Crippen LogP contribution in [-0.2, 0) is 7.05 Å². The van der Waals surface area contributed by atoms with E-state index in [4.69, 9.17) is 28.9 Å². The number of nitrogen functional groups attached to an aromatic ring is 1. The van der Waals surface area contributed by atoms with Crippen molar-refractivity contribution in [1.82, 2.24) is 9.55 Å². The highest BCUT2D eigenvalue weighted by Crippen LogP contribution is 2.36. The van der Waals surface area contributed by atoms with E-state index in [0.29, 0.717) is 27.5 Å². The Hall–Kier alpha value is -1.19. The topological polar surface area (TPSA) is 43.8 Å². The molecule has 3 nitrogen and oxygen atoms in total. The Labute approximate surface area is 117 Å². The van der Waals surface area contributed by atoms with E-state index in [9.17, 15) is 0 Å². The molecule has 0 aliphatic carbocycles. The highest BCUT2D eigenvalue weighted by atomic mass is 35.5. The van der Waals surface area contributed by atoms with Crippen molar-refractivity contribution in [3.8, 4) is 11.3 Å². The molecule has 5 heteroatoms. The molecule has 0 atom stereocenters. The van der Waals surface area contributed by atoms with Crippen LogP contribution in [0.15, 0.2) is 18.2 Å². The van der Waals surface area contributed by atoms with E-state index in [2.05, 4.69) is 18.8 Å². The molecule has 0 spiro atoms. The molecule has 2 aromatic rings. The van der Waals surface area contributed by atoms with Crippen LogP contribution in [-0.4, -0.2) is 9.55 Å². The van der Waals surface area contributed by atoms with Gasteiger partial charge in [-0.25, -0.2) is 4.98 Å². The molecule has 1 aromatic heterocycles. The molecule has 0 saturated heterocycles. The first-order valence-electron chi connectivity index (χ1n) is 5.70. The number of rotatable bonds is 2. The average Bonchev–Trinajstić information content (AvgIpc) is 2.61. The van der Waals surface area contributed by atoms with Crippen LogP contribution < -0.4 is 5.73 Å². The fourth-order valence-electron chi connectivity index (χ4n) is 1.93. The summed E-state index contributed by atoms with van der Waals surface area (Å²) in [5.41, 5.74) is 7.55. The third-order valence-corrected chi connectivity index (χ3v) is 3.72. The minimum Gasteiger partial charge on any atom is -0.383 e. The van der Waals surface area contributed by atoms with Crippen LogP contribution in [0.4, 0.5) is 5.82 Å². The van der Waals surface area contributed by atoms with E-state index in [-0.39, 0.29) is 0 Å². The third kappa shape index (κ3) is 2.08. The van der Waals surface area contributed by atoms with Crippen LogP contribution in [0.2, 0.25) is 10.0 Å². The standard InChI is InChI=1S/C13H15Cl2N3/c1-7(2)13-17-11(12(16)18(13)3)8-5-4-6-9(14)10(8)15/h4-7H,16H2,1-3H3. The number of hydrogen-bond donors (Lipinski definition) is 1. The summed E-state index contributed by atoms with van der Waals surface area (Å²) in [6.45, 7) is 4.15. The number of hydrogen-bond acceptors (Lipinski definition) is 2. The van der Waals surface area contributed by atoms with Gasteiger partial charge in [-0.1, -0.05) is 49.2 Å². The molecular formula is C13H15Cl2N3. The predicted molar refractivity (Wildman–Crippen MR) is 77.2 cm³/mol. The fraction of sp³-hybridized carbons (Fsp3) is 0.308. The first kappa shape index (κ1) is 13.2. The highest BCUT2D eigenvalue weighted by molar-refractivity contribution is 6.43. The van der Waals surface area contributed by atoms with Crippen molar-refractivity contribution in [3.05, 3.63) is 34.1 Å². The van der Waals surface area contributed by atoms with Gasteiger partial charge in [0.05, 0.1) is 10.0 Å². The zero-order chi connectivity index (χ0) is 13.4. The Morgan fingerprint density at radius 1 is 1.28 bits per heavy atom. The second-order valence-corrected chi connectivity index (χ2v) is 5.30. The van der Waals surface area contributed by atoms with Gasteiger partial charge in [-0.15, -0.1) is 0 Å². The molecule has 96 valence electrons. The normalized spacial score (nSPS) is 11.2. The van der Waals surface area contributed by atoms with Gasteiger partial charge in [0.1, 0.15) is 17.3 Å². The highest BCUT2D eigenvalue weighted by Gasteiger charge is 2.18. The van der Waals surface area contributed by atoms with Crippen LogP contribution in [0.1, 0.15) is 25.6 Å². The smallest absolute Gasteiger partial charge is 0.131 e. The Kier molecular flexibility index (Phi) is 3.55.